The molecule has 4 aromatic rings. The van der Waals surface area contributed by atoms with Crippen LogP contribution in [-0.2, 0) is 13.2 Å². The molecule has 0 aliphatic heterocycles. The van der Waals surface area contributed by atoms with E-state index in [1.54, 1.807) is 17.7 Å². The van der Waals surface area contributed by atoms with Crippen LogP contribution in [-0.4, -0.2) is 10.9 Å². The van der Waals surface area contributed by atoms with Crippen molar-refractivity contribution in [3.63, 3.8) is 0 Å². The number of thiazole rings is 1. The number of ether oxygens (including phenoxy) is 1. The van der Waals surface area contributed by atoms with E-state index in [1.165, 1.54) is 11.3 Å². The number of nitrogens with zero attached hydrogens (tertiary/aromatic N) is 1. The molecule has 0 radical (unpaired) electrons. The highest BCUT2D eigenvalue weighted by atomic mass is 32.1. The summed E-state index contributed by atoms with van der Waals surface area (Å²) < 4.78 is 11.0. The lowest BCUT2D eigenvalue weighted by molar-refractivity contribution is 0.0944. The van der Waals surface area contributed by atoms with Gasteiger partial charge in [0.05, 0.1) is 12.8 Å². The Hall–Kier alpha value is -3.38. The molecule has 0 aliphatic rings. The van der Waals surface area contributed by atoms with E-state index >= 15 is 0 Å². The van der Waals surface area contributed by atoms with Crippen molar-refractivity contribution in [1.82, 2.24) is 10.3 Å². The lowest BCUT2D eigenvalue weighted by Gasteiger charge is -2.06. The largest absolute Gasteiger partial charge is 0.489 e. The summed E-state index contributed by atoms with van der Waals surface area (Å²) in [6, 6.07) is 21.4. The fourth-order valence-corrected chi connectivity index (χ4v) is 3.42. The van der Waals surface area contributed by atoms with Crippen LogP contribution in [0.15, 0.2) is 82.8 Å². The first-order chi connectivity index (χ1) is 13.8. The zero-order valence-electron chi connectivity index (χ0n) is 15.0. The molecule has 140 valence electrons. The molecule has 2 heterocycles. The summed E-state index contributed by atoms with van der Waals surface area (Å²) in [4.78, 5) is 16.7. The van der Waals surface area contributed by atoms with Crippen LogP contribution >= 0.6 is 11.3 Å². The number of furan rings is 1. The maximum Gasteiger partial charge on any atom is 0.271 e. The maximum atomic E-state index is 12.2. The Kier molecular flexibility index (Phi) is 5.49. The Bertz CT molecular complexity index is 1030. The van der Waals surface area contributed by atoms with Gasteiger partial charge in [-0.25, -0.2) is 4.98 Å². The van der Waals surface area contributed by atoms with E-state index < -0.39 is 0 Å². The van der Waals surface area contributed by atoms with Gasteiger partial charge >= 0.3 is 0 Å². The van der Waals surface area contributed by atoms with Crippen molar-refractivity contribution in [2.45, 2.75) is 13.2 Å². The first-order valence-electron chi connectivity index (χ1n) is 8.81. The van der Waals surface area contributed by atoms with Crippen molar-refractivity contribution in [1.29, 1.82) is 0 Å². The second kappa shape index (κ2) is 8.54. The van der Waals surface area contributed by atoms with Crippen LogP contribution < -0.4 is 10.1 Å². The van der Waals surface area contributed by atoms with Gasteiger partial charge in [0.15, 0.2) is 0 Å². The molecule has 0 saturated heterocycles. The van der Waals surface area contributed by atoms with Crippen LogP contribution in [0.5, 0.6) is 5.75 Å². The van der Waals surface area contributed by atoms with Gasteiger partial charge in [-0.2, -0.15) is 0 Å². The summed E-state index contributed by atoms with van der Waals surface area (Å²) in [6.07, 6.45) is 1.58. The molecule has 0 fully saturated rings. The van der Waals surface area contributed by atoms with Crippen LogP contribution in [0.25, 0.3) is 10.6 Å². The minimum Gasteiger partial charge on any atom is -0.489 e. The molecule has 0 spiro atoms. The van der Waals surface area contributed by atoms with E-state index in [0.717, 1.165) is 21.9 Å². The Morgan fingerprint density at radius 3 is 2.61 bits per heavy atom. The number of rotatable bonds is 7. The van der Waals surface area contributed by atoms with Crippen molar-refractivity contribution < 1.29 is 13.9 Å². The molecule has 0 unspecified atom stereocenters. The number of nitrogens with one attached hydrogen (secondary N) is 1. The van der Waals surface area contributed by atoms with Crippen molar-refractivity contribution in [2.75, 3.05) is 0 Å². The molecular formula is C22H18N2O3S. The molecule has 6 heteroatoms. The van der Waals surface area contributed by atoms with Crippen molar-refractivity contribution in [2.24, 2.45) is 0 Å². The minimum atomic E-state index is -0.221. The van der Waals surface area contributed by atoms with Crippen LogP contribution in [0.1, 0.15) is 21.8 Å². The van der Waals surface area contributed by atoms with E-state index in [-0.39, 0.29) is 5.91 Å². The molecule has 0 atom stereocenters. The number of amides is 1. The maximum absolute atomic E-state index is 12.2. The number of carbonyl (C=O) groups is 1. The van der Waals surface area contributed by atoms with Gasteiger partial charge < -0.3 is 14.5 Å². The molecule has 28 heavy (non-hydrogen) atoms. The fraction of sp³-hybridized carbons (Fsp3) is 0.0909. The van der Waals surface area contributed by atoms with E-state index in [2.05, 4.69) is 10.3 Å². The third-order valence-electron chi connectivity index (χ3n) is 4.09. The summed E-state index contributed by atoms with van der Waals surface area (Å²) in [5.41, 5.74) is 2.47. The molecule has 0 aliphatic carbocycles. The summed E-state index contributed by atoms with van der Waals surface area (Å²) in [5, 5.41) is 5.35. The molecule has 5 nitrogen and oxygen atoms in total. The van der Waals surface area contributed by atoms with Gasteiger partial charge in [0.1, 0.15) is 28.8 Å². The molecular weight excluding hydrogens is 372 g/mol. The van der Waals surface area contributed by atoms with Crippen LogP contribution in [0, 0.1) is 0 Å². The quantitative estimate of drug-likeness (QED) is 0.487. The number of hydrogen-bond donors (Lipinski definition) is 1. The number of aromatic nitrogens is 1. The summed E-state index contributed by atoms with van der Waals surface area (Å²) >= 11 is 1.43. The SMILES string of the molecule is O=C(NCc1ccco1)c1csc(-c2ccc(OCc3ccccc3)cc2)n1. The standard InChI is InChI=1S/C22H18N2O3S/c25-21(23-13-19-7-4-12-26-19)20-15-28-22(24-20)17-8-10-18(11-9-17)27-14-16-5-2-1-3-6-16/h1-12,15H,13-14H2,(H,23,25). The predicted molar refractivity (Wildman–Crippen MR) is 108 cm³/mol. The Morgan fingerprint density at radius 2 is 1.86 bits per heavy atom. The summed E-state index contributed by atoms with van der Waals surface area (Å²) in [7, 11) is 0. The Balaban J connectivity index is 1.36. The number of carbonyl (C=O) groups excluding carboxylic acids is 1. The fourth-order valence-electron chi connectivity index (χ4n) is 2.62. The highest BCUT2D eigenvalue weighted by Crippen LogP contribution is 2.26. The van der Waals surface area contributed by atoms with Crippen molar-refractivity contribution in [3.8, 4) is 16.3 Å². The zero-order valence-corrected chi connectivity index (χ0v) is 15.8. The first-order valence-corrected chi connectivity index (χ1v) is 9.69. The van der Waals surface area contributed by atoms with Gasteiger partial charge in [0.2, 0.25) is 0 Å². The van der Waals surface area contributed by atoms with E-state index in [9.17, 15) is 4.79 Å². The second-order valence-corrected chi connectivity index (χ2v) is 6.96. The Morgan fingerprint density at radius 1 is 1.04 bits per heavy atom. The summed E-state index contributed by atoms with van der Waals surface area (Å²) in [5.74, 6) is 1.28. The summed E-state index contributed by atoms with van der Waals surface area (Å²) in [6.45, 7) is 0.865. The minimum absolute atomic E-state index is 0.221. The smallest absolute Gasteiger partial charge is 0.271 e. The highest BCUT2D eigenvalue weighted by Gasteiger charge is 2.12. The average molecular weight is 390 g/mol. The molecule has 0 saturated carbocycles. The Labute approximate surface area is 166 Å². The molecule has 0 bridgehead atoms. The molecule has 2 aromatic carbocycles. The monoisotopic (exact) mass is 390 g/mol. The lowest BCUT2D eigenvalue weighted by Crippen LogP contribution is -2.22. The second-order valence-electron chi connectivity index (χ2n) is 6.10. The number of benzene rings is 2. The third-order valence-corrected chi connectivity index (χ3v) is 4.98. The predicted octanol–water partition coefficient (Wildman–Crippen LogP) is 4.91. The topological polar surface area (TPSA) is 64.4 Å². The molecule has 4 rings (SSSR count). The van der Waals surface area contributed by atoms with Gasteiger partial charge in [-0.05, 0) is 42.0 Å². The normalized spacial score (nSPS) is 10.6. The first kappa shape index (κ1) is 18.0. The highest BCUT2D eigenvalue weighted by molar-refractivity contribution is 7.13. The molecule has 2 aromatic heterocycles. The van der Waals surface area contributed by atoms with E-state index in [4.69, 9.17) is 9.15 Å². The zero-order chi connectivity index (χ0) is 19.2. The molecule has 1 N–H and O–H groups in total. The molecule has 1 amide bonds. The van der Waals surface area contributed by atoms with E-state index in [1.807, 2.05) is 60.7 Å². The van der Waals surface area contributed by atoms with Gasteiger partial charge in [0, 0.05) is 10.9 Å². The lowest BCUT2D eigenvalue weighted by atomic mass is 10.2. The van der Waals surface area contributed by atoms with Gasteiger partial charge in [-0.15, -0.1) is 11.3 Å². The number of hydrogen-bond acceptors (Lipinski definition) is 5. The van der Waals surface area contributed by atoms with Gasteiger partial charge in [-0.1, -0.05) is 30.3 Å². The van der Waals surface area contributed by atoms with Crippen molar-refractivity contribution in [3.05, 3.63) is 95.4 Å². The van der Waals surface area contributed by atoms with Crippen LogP contribution in [0.4, 0.5) is 0 Å². The van der Waals surface area contributed by atoms with Gasteiger partial charge in [0.25, 0.3) is 5.91 Å². The van der Waals surface area contributed by atoms with Crippen molar-refractivity contribution >= 4 is 17.2 Å². The van der Waals surface area contributed by atoms with Crippen LogP contribution in [0.3, 0.4) is 0 Å². The van der Waals surface area contributed by atoms with Crippen LogP contribution in [0.2, 0.25) is 0 Å². The van der Waals surface area contributed by atoms with E-state index in [0.29, 0.717) is 24.6 Å². The average Bonchev–Trinajstić information content (AvgIpc) is 3.44. The third kappa shape index (κ3) is 4.47. The van der Waals surface area contributed by atoms with Gasteiger partial charge in [-0.3, -0.25) is 4.79 Å².